The summed E-state index contributed by atoms with van der Waals surface area (Å²) < 4.78 is 16.1. The highest BCUT2D eigenvalue weighted by Gasteiger charge is 2.09. The molecule has 0 saturated carbocycles. The topological polar surface area (TPSA) is 69.2 Å². The number of nitrogens with one attached hydrogen (secondary N) is 1. The second-order valence-electron chi connectivity index (χ2n) is 5.98. The Morgan fingerprint density at radius 3 is 2.70 bits per heavy atom. The highest BCUT2D eigenvalue weighted by molar-refractivity contribution is 5.81. The minimum absolute atomic E-state index is 0.426. The third kappa shape index (κ3) is 6.66. The van der Waals surface area contributed by atoms with Crippen LogP contribution in [0.25, 0.3) is 0 Å². The summed E-state index contributed by atoms with van der Waals surface area (Å²) in [4.78, 5) is 11.0. The van der Waals surface area contributed by atoms with Gasteiger partial charge in [-0.1, -0.05) is 44.2 Å². The zero-order valence-electron chi connectivity index (χ0n) is 16.0. The molecule has 0 aliphatic carbocycles. The third-order valence-corrected chi connectivity index (χ3v) is 4.08. The summed E-state index contributed by atoms with van der Waals surface area (Å²) in [6.07, 6.45) is 1.96. The van der Waals surface area contributed by atoms with Crippen LogP contribution < -0.4 is 14.9 Å². The fourth-order valence-corrected chi connectivity index (χ4v) is 2.44. The maximum atomic E-state index is 11.0. The Kier molecular flexibility index (Phi) is 8.16. The number of ether oxygens (including phenoxy) is 3. The maximum absolute atomic E-state index is 11.0. The first-order valence-corrected chi connectivity index (χ1v) is 8.95. The number of hydrogen-bond acceptors (Lipinski definition) is 5. The predicted molar refractivity (Wildman–Crippen MR) is 106 cm³/mol. The largest absolute Gasteiger partial charge is 0.490 e. The number of methoxy groups -OCH3 is 1. The van der Waals surface area contributed by atoms with E-state index in [1.807, 2.05) is 42.5 Å². The average molecular weight is 370 g/mol. The van der Waals surface area contributed by atoms with Crippen LogP contribution in [0.4, 0.5) is 4.79 Å². The molecule has 1 amide bonds. The van der Waals surface area contributed by atoms with Crippen molar-refractivity contribution in [1.82, 2.24) is 5.43 Å². The summed E-state index contributed by atoms with van der Waals surface area (Å²) in [7, 11) is 1.28. The number of nitrogens with zero attached hydrogens (tertiary/aromatic N) is 1. The van der Waals surface area contributed by atoms with E-state index in [1.54, 1.807) is 0 Å². The summed E-state index contributed by atoms with van der Waals surface area (Å²) in [5.74, 6) is 2.07. The fraction of sp³-hybridized carbons (Fsp3) is 0.333. The van der Waals surface area contributed by atoms with Crippen molar-refractivity contribution in [1.29, 1.82) is 0 Å². The molecule has 6 heteroatoms. The van der Waals surface area contributed by atoms with E-state index in [0.717, 1.165) is 17.7 Å². The van der Waals surface area contributed by atoms with Gasteiger partial charge >= 0.3 is 6.09 Å². The first-order valence-electron chi connectivity index (χ1n) is 8.95. The normalized spacial score (nSPS) is 11.8. The number of para-hydroxylation sites is 1. The molecule has 0 unspecified atom stereocenters. The molecule has 0 bridgehead atoms. The molecule has 2 aromatic rings. The molecule has 6 nitrogen and oxygen atoms in total. The van der Waals surface area contributed by atoms with Gasteiger partial charge in [-0.3, -0.25) is 0 Å². The van der Waals surface area contributed by atoms with Gasteiger partial charge < -0.3 is 14.2 Å². The molecule has 1 atom stereocenters. The molecular formula is C21H26N2O4. The van der Waals surface area contributed by atoms with Crippen LogP contribution in [0.3, 0.4) is 0 Å². The lowest BCUT2D eigenvalue weighted by atomic mass is 9.98. The lowest BCUT2D eigenvalue weighted by molar-refractivity contribution is 0.171. The van der Waals surface area contributed by atoms with E-state index < -0.39 is 6.09 Å². The van der Waals surface area contributed by atoms with Crippen molar-refractivity contribution in [3.63, 3.8) is 0 Å². The number of amides is 1. The van der Waals surface area contributed by atoms with Crippen molar-refractivity contribution in [3.05, 3.63) is 59.7 Å². The van der Waals surface area contributed by atoms with Crippen molar-refractivity contribution in [2.75, 3.05) is 20.3 Å². The van der Waals surface area contributed by atoms with Crippen LogP contribution in [-0.4, -0.2) is 32.6 Å². The van der Waals surface area contributed by atoms with E-state index in [0.29, 0.717) is 24.9 Å². The van der Waals surface area contributed by atoms with Gasteiger partial charge in [-0.15, -0.1) is 0 Å². The molecule has 144 valence electrons. The highest BCUT2D eigenvalue weighted by Crippen LogP contribution is 2.28. The van der Waals surface area contributed by atoms with Gasteiger partial charge in [-0.2, -0.15) is 5.10 Å². The van der Waals surface area contributed by atoms with Gasteiger partial charge in [0.05, 0.1) is 13.3 Å². The van der Waals surface area contributed by atoms with Crippen LogP contribution in [0.2, 0.25) is 0 Å². The molecular weight excluding hydrogens is 344 g/mol. The summed E-state index contributed by atoms with van der Waals surface area (Å²) in [5.41, 5.74) is 4.25. The first kappa shape index (κ1) is 20.3. The Hall–Kier alpha value is -3.02. The summed E-state index contributed by atoms with van der Waals surface area (Å²) >= 11 is 0. The molecule has 0 saturated heterocycles. The molecule has 1 N–H and O–H groups in total. The number of hydrazone groups is 1. The number of carbonyl (C=O) groups excluding carboxylic acids is 1. The zero-order valence-corrected chi connectivity index (χ0v) is 16.0. The zero-order chi connectivity index (χ0) is 19.5. The molecule has 0 aromatic heterocycles. The molecule has 0 spiro atoms. The van der Waals surface area contributed by atoms with Gasteiger partial charge in [0.1, 0.15) is 24.7 Å². The molecule has 2 aromatic carbocycles. The van der Waals surface area contributed by atoms with Crippen LogP contribution in [0.15, 0.2) is 53.6 Å². The van der Waals surface area contributed by atoms with Crippen molar-refractivity contribution in [2.45, 2.75) is 26.2 Å². The van der Waals surface area contributed by atoms with Crippen LogP contribution in [-0.2, 0) is 4.74 Å². The average Bonchev–Trinajstić information content (AvgIpc) is 2.71. The Labute approximate surface area is 160 Å². The lowest BCUT2D eigenvalue weighted by Crippen LogP contribution is -2.16. The van der Waals surface area contributed by atoms with E-state index in [9.17, 15) is 4.79 Å². The highest BCUT2D eigenvalue weighted by atomic mass is 16.5. The van der Waals surface area contributed by atoms with Gasteiger partial charge in [-0.05, 0) is 41.7 Å². The molecule has 0 aliphatic heterocycles. The second kappa shape index (κ2) is 10.9. The quantitative estimate of drug-likeness (QED) is 0.405. The van der Waals surface area contributed by atoms with Gasteiger partial charge in [0.2, 0.25) is 0 Å². The van der Waals surface area contributed by atoms with Crippen LogP contribution >= 0.6 is 0 Å². The standard InChI is InChI=1S/C21H26N2O4/c1-4-16(2)19-10-5-6-11-20(19)27-13-12-26-18-9-7-8-17(14-18)15-22-23-21(24)25-3/h5-11,14-16H,4,12-13H2,1-3H3,(H,23,24)/b22-15-/t16-/m1/s1. The van der Waals surface area contributed by atoms with Crippen LogP contribution in [0.5, 0.6) is 11.5 Å². The molecule has 0 aliphatic rings. The molecule has 27 heavy (non-hydrogen) atoms. The van der Waals surface area contributed by atoms with Crippen molar-refractivity contribution < 1.29 is 19.0 Å². The fourth-order valence-electron chi connectivity index (χ4n) is 2.44. The first-order chi connectivity index (χ1) is 13.1. The summed E-state index contributed by atoms with van der Waals surface area (Å²) in [6, 6.07) is 15.5. The summed E-state index contributed by atoms with van der Waals surface area (Å²) in [6.45, 7) is 5.24. The minimum Gasteiger partial charge on any atom is -0.490 e. The number of benzene rings is 2. The van der Waals surface area contributed by atoms with E-state index in [2.05, 4.69) is 35.2 Å². The second-order valence-corrected chi connectivity index (χ2v) is 5.98. The van der Waals surface area contributed by atoms with Crippen molar-refractivity contribution in [2.24, 2.45) is 5.10 Å². The number of hydrogen-bond donors (Lipinski definition) is 1. The van der Waals surface area contributed by atoms with Crippen LogP contribution in [0, 0.1) is 0 Å². The van der Waals surface area contributed by atoms with Crippen molar-refractivity contribution >= 4 is 12.3 Å². The third-order valence-electron chi connectivity index (χ3n) is 4.08. The Morgan fingerprint density at radius 1 is 1.15 bits per heavy atom. The van der Waals surface area contributed by atoms with E-state index in [4.69, 9.17) is 9.47 Å². The molecule has 0 radical (unpaired) electrons. The smallest absolute Gasteiger partial charge is 0.427 e. The Balaban J connectivity index is 1.84. The lowest BCUT2D eigenvalue weighted by Gasteiger charge is -2.16. The van der Waals surface area contributed by atoms with Gasteiger partial charge in [0.15, 0.2) is 0 Å². The van der Waals surface area contributed by atoms with Crippen LogP contribution in [0.1, 0.15) is 37.3 Å². The Morgan fingerprint density at radius 2 is 1.93 bits per heavy atom. The summed E-state index contributed by atoms with van der Waals surface area (Å²) in [5, 5.41) is 3.79. The molecule has 0 heterocycles. The molecule has 0 fully saturated rings. The van der Waals surface area contributed by atoms with E-state index in [-0.39, 0.29) is 0 Å². The van der Waals surface area contributed by atoms with Gasteiger partial charge in [0.25, 0.3) is 0 Å². The monoisotopic (exact) mass is 370 g/mol. The maximum Gasteiger partial charge on any atom is 0.427 e. The van der Waals surface area contributed by atoms with E-state index in [1.165, 1.54) is 18.9 Å². The SMILES string of the molecule is CC[C@@H](C)c1ccccc1OCCOc1cccc(/C=N\NC(=O)OC)c1. The van der Waals surface area contributed by atoms with Crippen molar-refractivity contribution in [3.8, 4) is 11.5 Å². The minimum atomic E-state index is -0.617. The van der Waals surface area contributed by atoms with E-state index >= 15 is 0 Å². The number of carbonyl (C=O) groups is 1. The van der Waals surface area contributed by atoms with Gasteiger partial charge in [0, 0.05) is 0 Å². The number of rotatable bonds is 9. The molecule has 2 rings (SSSR count). The van der Waals surface area contributed by atoms with Gasteiger partial charge in [-0.25, -0.2) is 10.2 Å². The Bertz CT molecular complexity index is 761. The predicted octanol–water partition coefficient (Wildman–Crippen LogP) is 4.35.